The van der Waals surface area contributed by atoms with Gasteiger partial charge in [-0.05, 0) is 25.6 Å². The van der Waals surface area contributed by atoms with Crippen LogP contribution in [0.3, 0.4) is 0 Å². The lowest BCUT2D eigenvalue weighted by atomic mass is 10.0. The molecule has 15 heavy (non-hydrogen) atoms. The molecule has 0 heterocycles. The fourth-order valence-corrected chi connectivity index (χ4v) is 1.75. The smallest absolute Gasteiger partial charge is 0.130 e. The second kappa shape index (κ2) is 5.12. The van der Waals surface area contributed by atoms with Crippen LogP contribution in [0.5, 0.6) is 0 Å². The molecule has 0 bridgehead atoms. The van der Waals surface area contributed by atoms with Crippen LogP contribution in [0, 0.1) is 5.82 Å². The summed E-state index contributed by atoms with van der Waals surface area (Å²) in [6.45, 7) is 4.84. The van der Waals surface area contributed by atoms with Gasteiger partial charge in [-0.25, -0.2) is 4.39 Å². The van der Waals surface area contributed by atoms with Crippen molar-refractivity contribution in [2.75, 3.05) is 25.5 Å². The zero-order valence-electron chi connectivity index (χ0n) is 9.84. The van der Waals surface area contributed by atoms with Crippen molar-refractivity contribution >= 4 is 5.69 Å². The topological polar surface area (TPSA) is 15.3 Å². The maximum absolute atomic E-state index is 13.7. The highest BCUT2D eigenvalue weighted by Crippen LogP contribution is 2.27. The molecule has 84 valence electrons. The van der Waals surface area contributed by atoms with Crippen LogP contribution in [0.15, 0.2) is 18.2 Å². The third kappa shape index (κ3) is 2.69. The molecular weight excluding hydrogens is 191 g/mol. The lowest BCUT2D eigenvalue weighted by Gasteiger charge is -2.22. The van der Waals surface area contributed by atoms with Crippen molar-refractivity contribution in [2.24, 2.45) is 0 Å². The fraction of sp³-hybridized carbons (Fsp3) is 0.500. The summed E-state index contributed by atoms with van der Waals surface area (Å²) in [4.78, 5) is 1.94. The summed E-state index contributed by atoms with van der Waals surface area (Å²) in [6, 6.07) is 5.23. The highest BCUT2D eigenvalue weighted by molar-refractivity contribution is 5.54. The lowest BCUT2D eigenvalue weighted by molar-refractivity contribution is 0.541. The maximum atomic E-state index is 13.7. The van der Waals surface area contributed by atoms with Gasteiger partial charge in [-0.1, -0.05) is 13.0 Å². The second-order valence-electron chi connectivity index (χ2n) is 3.85. The standard InChI is InChI=1S/C12H19FN2/c1-5-14-9(2)12-10(13)7-6-8-11(12)15(3)4/h6-9,14H,5H2,1-4H3. The Balaban J connectivity index is 3.12. The van der Waals surface area contributed by atoms with Gasteiger partial charge in [0.05, 0.1) is 0 Å². The monoisotopic (exact) mass is 210 g/mol. The van der Waals surface area contributed by atoms with Gasteiger partial charge in [-0.2, -0.15) is 0 Å². The van der Waals surface area contributed by atoms with Gasteiger partial charge in [0, 0.05) is 31.4 Å². The number of anilines is 1. The van der Waals surface area contributed by atoms with Crippen LogP contribution in [-0.4, -0.2) is 20.6 Å². The molecule has 0 fully saturated rings. The molecular formula is C12H19FN2. The minimum absolute atomic E-state index is 0.0357. The average molecular weight is 210 g/mol. The van der Waals surface area contributed by atoms with E-state index in [-0.39, 0.29) is 11.9 Å². The Kier molecular flexibility index (Phi) is 4.09. The molecule has 0 radical (unpaired) electrons. The van der Waals surface area contributed by atoms with Crippen molar-refractivity contribution < 1.29 is 4.39 Å². The highest BCUT2D eigenvalue weighted by Gasteiger charge is 2.15. The average Bonchev–Trinajstić information content (AvgIpc) is 2.17. The van der Waals surface area contributed by atoms with Gasteiger partial charge in [0.15, 0.2) is 0 Å². The Bertz CT molecular complexity index is 323. The Morgan fingerprint density at radius 2 is 2.07 bits per heavy atom. The SMILES string of the molecule is CCNC(C)c1c(F)cccc1N(C)C. The summed E-state index contributed by atoms with van der Waals surface area (Å²) < 4.78 is 13.7. The van der Waals surface area contributed by atoms with Crippen molar-refractivity contribution in [3.05, 3.63) is 29.6 Å². The molecule has 2 nitrogen and oxygen atoms in total. The van der Waals surface area contributed by atoms with E-state index < -0.39 is 0 Å². The summed E-state index contributed by atoms with van der Waals surface area (Å²) in [6.07, 6.45) is 0. The minimum Gasteiger partial charge on any atom is -0.377 e. The van der Waals surface area contributed by atoms with Gasteiger partial charge in [-0.15, -0.1) is 0 Å². The van der Waals surface area contributed by atoms with Crippen molar-refractivity contribution in [3.8, 4) is 0 Å². The molecule has 1 N–H and O–H groups in total. The van der Waals surface area contributed by atoms with Gasteiger partial charge >= 0.3 is 0 Å². The number of nitrogens with zero attached hydrogens (tertiary/aromatic N) is 1. The fourth-order valence-electron chi connectivity index (χ4n) is 1.75. The first kappa shape index (κ1) is 12.0. The van der Waals surface area contributed by atoms with Crippen LogP contribution in [0.1, 0.15) is 25.5 Å². The van der Waals surface area contributed by atoms with E-state index in [1.165, 1.54) is 6.07 Å². The maximum Gasteiger partial charge on any atom is 0.130 e. The first-order valence-corrected chi connectivity index (χ1v) is 5.27. The Labute approximate surface area is 91.1 Å². The second-order valence-corrected chi connectivity index (χ2v) is 3.85. The Morgan fingerprint density at radius 3 is 2.60 bits per heavy atom. The van der Waals surface area contributed by atoms with E-state index in [0.717, 1.165) is 17.8 Å². The van der Waals surface area contributed by atoms with E-state index in [1.807, 2.05) is 38.9 Å². The number of nitrogens with one attached hydrogen (secondary N) is 1. The van der Waals surface area contributed by atoms with Crippen LogP contribution in [0.2, 0.25) is 0 Å². The van der Waals surface area contributed by atoms with Gasteiger partial charge in [0.2, 0.25) is 0 Å². The van der Waals surface area contributed by atoms with Crippen LogP contribution in [0.25, 0.3) is 0 Å². The van der Waals surface area contributed by atoms with Gasteiger partial charge in [0.25, 0.3) is 0 Å². The molecule has 0 aliphatic heterocycles. The number of halogens is 1. The molecule has 0 saturated carbocycles. The molecule has 3 heteroatoms. The third-order valence-electron chi connectivity index (χ3n) is 2.46. The summed E-state index contributed by atoms with van der Waals surface area (Å²) in [7, 11) is 3.86. The van der Waals surface area contributed by atoms with E-state index in [0.29, 0.717) is 0 Å². The van der Waals surface area contributed by atoms with Crippen molar-refractivity contribution in [1.82, 2.24) is 5.32 Å². The summed E-state index contributed by atoms with van der Waals surface area (Å²) in [5.41, 5.74) is 1.67. The number of hydrogen-bond acceptors (Lipinski definition) is 2. The third-order valence-corrected chi connectivity index (χ3v) is 2.46. The van der Waals surface area contributed by atoms with Crippen molar-refractivity contribution in [2.45, 2.75) is 19.9 Å². The molecule has 1 aromatic carbocycles. The quantitative estimate of drug-likeness (QED) is 0.821. The number of benzene rings is 1. The minimum atomic E-state index is -0.144. The molecule has 1 unspecified atom stereocenters. The number of hydrogen-bond donors (Lipinski definition) is 1. The molecule has 0 aromatic heterocycles. The van der Waals surface area contributed by atoms with Crippen molar-refractivity contribution in [3.63, 3.8) is 0 Å². The predicted molar refractivity (Wildman–Crippen MR) is 62.8 cm³/mol. The lowest BCUT2D eigenvalue weighted by Crippen LogP contribution is -2.22. The molecule has 1 atom stereocenters. The van der Waals surface area contributed by atoms with E-state index in [1.54, 1.807) is 6.07 Å². The Morgan fingerprint density at radius 1 is 1.40 bits per heavy atom. The summed E-state index contributed by atoms with van der Waals surface area (Å²) in [5, 5.41) is 3.23. The van der Waals surface area contributed by atoms with Crippen LogP contribution < -0.4 is 10.2 Å². The molecule has 0 amide bonds. The molecule has 1 aromatic rings. The zero-order chi connectivity index (χ0) is 11.4. The molecule has 0 aliphatic rings. The number of rotatable bonds is 4. The van der Waals surface area contributed by atoms with E-state index in [2.05, 4.69) is 5.32 Å². The summed E-state index contributed by atoms with van der Waals surface area (Å²) >= 11 is 0. The van der Waals surface area contributed by atoms with Crippen LogP contribution in [0.4, 0.5) is 10.1 Å². The van der Waals surface area contributed by atoms with E-state index in [9.17, 15) is 4.39 Å². The van der Waals surface area contributed by atoms with E-state index in [4.69, 9.17) is 0 Å². The summed E-state index contributed by atoms with van der Waals surface area (Å²) in [5.74, 6) is -0.144. The zero-order valence-corrected chi connectivity index (χ0v) is 9.84. The Hall–Kier alpha value is -1.09. The van der Waals surface area contributed by atoms with Gasteiger partial charge in [-0.3, -0.25) is 0 Å². The van der Waals surface area contributed by atoms with Gasteiger partial charge in [0.1, 0.15) is 5.82 Å². The molecule has 1 rings (SSSR count). The largest absolute Gasteiger partial charge is 0.377 e. The normalized spacial score (nSPS) is 12.6. The highest BCUT2D eigenvalue weighted by atomic mass is 19.1. The molecule has 0 spiro atoms. The van der Waals surface area contributed by atoms with Crippen LogP contribution >= 0.6 is 0 Å². The predicted octanol–water partition coefficient (Wildman–Crippen LogP) is 2.56. The van der Waals surface area contributed by atoms with Gasteiger partial charge < -0.3 is 10.2 Å². The molecule has 0 saturated heterocycles. The molecule has 0 aliphatic carbocycles. The van der Waals surface area contributed by atoms with Crippen molar-refractivity contribution in [1.29, 1.82) is 0 Å². The van der Waals surface area contributed by atoms with E-state index >= 15 is 0 Å². The first-order chi connectivity index (χ1) is 7.07. The first-order valence-electron chi connectivity index (χ1n) is 5.27. The van der Waals surface area contributed by atoms with Crippen LogP contribution in [-0.2, 0) is 0 Å².